The molecule has 0 saturated heterocycles. The molecule has 0 atom stereocenters. The number of nitrogens with zero attached hydrogens (tertiary/aromatic N) is 1. The fourth-order valence-corrected chi connectivity index (χ4v) is 1.14. The maximum Gasteiger partial charge on any atom is 0.284 e. The second-order valence-corrected chi connectivity index (χ2v) is 3.43. The summed E-state index contributed by atoms with van der Waals surface area (Å²) in [6.07, 6.45) is -1.41. The summed E-state index contributed by atoms with van der Waals surface area (Å²) < 4.78 is 24.9. The Morgan fingerprint density at radius 1 is 1.58 bits per heavy atom. The lowest BCUT2D eigenvalue weighted by molar-refractivity contribution is 0.141. The van der Waals surface area contributed by atoms with Crippen molar-refractivity contribution >= 4 is 22.6 Å². The highest BCUT2D eigenvalue weighted by Gasteiger charge is 2.17. The van der Waals surface area contributed by atoms with Gasteiger partial charge in [0.25, 0.3) is 6.43 Å². The van der Waals surface area contributed by atoms with Crippen molar-refractivity contribution in [2.24, 2.45) is 0 Å². The Bertz CT molecular complexity index is 304. The molecule has 1 aromatic rings. The second-order valence-electron chi connectivity index (χ2n) is 2.27. The molecule has 1 heterocycles. The highest BCUT2D eigenvalue weighted by Crippen LogP contribution is 2.30. The van der Waals surface area contributed by atoms with Crippen LogP contribution in [0.15, 0.2) is 6.20 Å². The predicted molar refractivity (Wildman–Crippen MR) is 48.3 cm³/mol. The van der Waals surface area contributed by atoms with Crippen molar-refractivity contribution in [3.8, 4) is 5.75 Å². The molecule has 0 fully saturated rings. The zero-order chi connectivity index (χ0) is 9.30. The third kappa shape index (κ3) is 1.65. The number of pyridine rings is 1. The van der Waals surface area contributed by atoms with Crippen LogP contribution in [0.25, 0.3) is 0 Å². The Balaban J connectivity index is 3.27. The minimum Gasteiger partial charge on any atom is -0.505 e. The number of rotatable bonds is 1. The standard InChI is InChI=1S/C7H6F2INO/c1-3-4(10)2-11-5(6(3)12)7(8)9/h2,7,12H,1H3. The highest BCUT2D eigenvalue weighted by molar-refractivity contribution is 14.1. The molecule has 0 unspecified atom stereocenters. The Morgan fingerprint density at radius 3 is 2.67 bits per heavy atom. The lowest BCUT2D eigenvalue weighted by Crippen LogP contribution is -1.94. The number of alkyl halides is 2. The maximum absolute atomic E-state index is 12.1. The third-order valence-electron chi connectivity index (χ3n) is 1.48. The SMILES string of the molecule is Cc1c(I)cnc(C(F)F)c1O. The molecular weight excluding hydrogens is 279 g/mol. The number of hydrogen-bond acceptors (Lipinski definition) is 2. The van der Waals surface area contributed by atoms with E-state index in [9.17, 15) is 13.9 Å². The summed E-state index contributed by atoms with van der Waals surface area (Å²) in [4.78, 5) is 3.43. The van der Waals surface area contributed by atoms with Gasteiger partial charge in [-0.05, 0) is 29.5 Å². The molecule has 0 radical (unpaired) electrons. The fraction of sp³-hybridized carbons (Fsp3) is 0.286. The Hall–Kier alpha value is -0.460. The quantitative estimate of drug-likeness (QED) is 0.805. The van der Waals surface area contributed by atoms with Crippen LogP contribution in [0.2, 0.25) is 0 Å². The van der Waals surface area contributed by atoms with Gasteiger partial charge >= 0.3 is 0 Å². The molecule has 0 saturated carbocycles. The van der Waals surface area contributed by atoms with Crippen molar-refractivity contribution in [1.29, 1.82) is 0 Å². The number of halogens is 3. The van der Waals surface area contributed by atoms with E-state index in [0.717, 1.165) is 0 Å². The average molecular weight is 285 g/mol. The van der Waals surface area contributed by atoms with Crippen LogP contribution < -0.4 is 0 Å². The van der Waals surface area contributed by atoms with Crippen LogP contribution >= 0.6 is 22.6 Å². The lowest BCUT2D eigenvalue weighted by Gasteiger charge is -2.05. The zero-order valence-corrected chi connectivity index (χ0v) is 8.34. The predicted octanol–water partition coefficient (Wildman–Crippen LogP) is 2.64. The summed E-state index contributed by atoms with van der Waals surface area (Å²) in [5.41, 5.74) is -0.103. The van der Waals surface area contributed by atoms with Crippen molar-refractivity contribution in [3.05, 3.63) is 21.0 Å². The lowest BCUT2D eigenvalue weighted by atomic mass is 10.2. The fourth-order valence-electron chi connectivity index (χ4n) is 0.749. The first kappa shape index (κ1) is 9.63. The summed E-state index contributed by atoms with van der Waals surface area (Å²) in [5.74, 6) is -0.406. The minimum absolute atomic E-state index is 0.406. The van der Waals surface area contributed by atoms with Gasteiger partial charge in [0.1, 0.15) is 11.4 Å². The van der Waals surface area contributed by atoms with Crippen LogP contribution in [0.4, 0.5) is 8.78 Å². The van der Waals surface area contributed by atoms with Gasteiger partial charge < -0.3 is 5.11 Å². The van der Waals surface area contributed by atoms with Gasteiger partial charge in [0, 0.05) is 15.3 Å². The van der Waals surface area contributed by atoms with Crippen LogP contribution in [0.5, 0.6) is 5.75 Å². The van der Waals surface area contributed by atoms with Crippen molar-refractivity contribution in [3.63, 3.8) is 0 Å². The van der Waals surface area contributed by atoms with Gasteiger partial charge in [-0.2, -0.15) is 0 Å². The molecule has 12 heavy (non-hydrogen) atoms. The summed E-state index contributed by atoms with van der Waals surface area (Å²) in [5, 5.41) is 9.20. The van der Waals surface area contributed by atoms with Crippen molar-refractivity contribution in [2.45, 2.75) is 13.3 Å². The molecule has 0 aliphatic heterocycles. The van der Waals surface area contributed by atoms with E-state index in [2.05, 4.69) is 4.98 Å². The van der Waals surface area contributed by atoms with E-state index in [1.165, 1.54) is 6.20 Å². The molecule has 1 aromatic heterocycles. The maximum atomic E-state index is 12.1. The van der Waals surface area contributed by atoms with Crippen LogP contribution in [-0.4, -0.2) is 10.1 Å². The number of aromatic hydroxyl groups is 1. The minimum atomic E-state index is -2.72. The van der Waals surface area contributed by atoms with Gasteiger partial charge in [0.05, 0.1) is 0 Å². The van der Waals surface area contributed by atoms with Crippen LogP contribution in [-0.2, 0) is 0 Å². The van der Waals surface area contributed by atoms with Crippen LogP contribution in [0, 0.1) is 10.5 Å². The molecule has 1 N–H and O–H groups in total. The van der Waals surface area contributed by atoms with E-state index in [1.54, 1.807) is 6.92 Å². The van der Waals surface area contributed by atoms with E-state index in [-0.39, 0.29) is 0 Å². The van der Waals surface area contributed by atoms with E-state index >= 15 is 0 Å². The Labute approximate surface area is 81.8 Å². The van der Waals surface area contributed by atoms with Gasteiger partial charge in [-0.15, -0.1) is 0 Å². The van der Waals surface area contributed by atoms with Gasteiger partial charge in [0.15, 0.2) is 0 Å². The monoisotopic (exact) mass is 285 g/mol. The van der Waals surface area contributed by atoms with Gasteiger partial charge in [-0.25, -0.2) is 8.78 Å². The first-order chi connectivity index (χ1) is 5.54. The summed E-state index contributed by atoms with van der Waals surface area (Å²) in [6.45, 7) is 1.57. The molecule has 0 amide bonds. The van der Waals surface area contributed by atoms with Gasteiger partial charge in [0.2, 0.25) is 0 Å². The van der Waals surface area contributed by atoms with E-state index in [4.69, 9.17) is 0 Å². The second kappa shape index (κ2) is 3.51. The average Bonchev–Trinajstić information content (AvgIpc) is 2.00. The topological polar surface area (TPSA) is 33.1 Å². The molecule has 0 aliphatic rings. The van der Waals surface area contributed by atoms with E-state index in [1.807, 2.05) is 22.6 Å². The summed E-state index contributed by atoms with van der Waals surface area (Å²) in [7, 11) is 0. The van der Waals surface area contributed by atoms with Crippen LogP contribution in [0.3, 0.4) is 0 Å². The molecule has 5 heteroatoms. The van der Waals surface area contributed by atoms with E-state index in [0.29, 0.717) is 9.13 Å². The number of hydrogen-bond donors (Lipinski definition) is 1. The Kier molecular flexibility index (Phi) is 2.81. The highest BCUT2D eigenvalue weighted by atomic mass is 127. The molecule has 0 aliphatic carbocycles. The molecule has 0 aromatic carbocycles. The first-order valence-electron chi connectivity index (χ1n) is 3.16. The molecule has 1 rings (SSSR count). The number of aromatic nitrogens is 1. The summed E-state index contributed by atoms with van der Waals surface area (Å²) >= 11 is 1.92. The molecule has 66 valence electrons. The van der Waals surface area contributed by atoms with Gasteiger partial charge in [-0.3, -0.25) is 4.98 Å². The zero-order valence-electron chi connectivity index (χ0n) is 6.18. The van der Waals surface area contributed by atoms with Crippen LogP contribution in [0.1, 0.15) is 17.7 Å². The van der Waals surface area contributed by atoms with Gasteiger partial charge in [-0.1, -0.05) is 0 Å². The third-order valence-corrected chi connectivity index (χ3v) is 2.57. The van der Waals surface area contributed by atoms with E-state index < -0.39 is 17.9 Å². The molecule has 2 nitrogen and oxygen atoms in total. The molecule has 0 bridgehead atoms. The normalized spacial score (nSPS) is 10.8. The summed E-state index contributed by atoms with van der Waals surface area (Å²) in [6, 6.07) is 0. The Morgan fingerprint density at radius 2 is 2.17 bits per heavy atom. The molecule has 0 spiro atoms. The van der Waals surface area contributed by atoms with Crippen molar-refractivity contribution < 1.29 is 13.9 Å². The van der Waals surface area contributed by atoms with Crippen molar-refractivity contribution in [1.82, 2.24) is 4.98 Å². The smallest absolute Gasteiger partial charge is 0.284 e. The molecular formula is C7H6F2INO. The first-order valence-corrected chi connectivity index (χ1v) is 4.24. The largest absolute Gasteiger partial charge is 0.505 e. The van der Waals surface area contributed by atoms with Crippen molar-refractivity contribution in [2.75, 3.05) is 0 Å².